The van der Waals surface area contributed by atoms with E-state index in [0.29, 0.717) is 31.9 Å². The van der Waals surface area contributed by atoms with Gasteiger partial charge in [0.25, 0.3) is 0 Å². The number of rotatable bonds is 3. The van der Waals surface area contributed by atoms with Crippen molar-refractivity contribution in [1.82, 2.24) is 14.9 Å². The van der Waals surface area contributed by atoms with Crippen molar-refractivity contribution in [2.75, 3.05) is 31.1 Å². The van der Waals surface area contributed by atoms with Gasteiger partial charge >= 0.3 is 18.3 Å². The van der Waals surface area contributed by atoms with Gasteiger partial charge in [0.1, 0.15) is 5.60 Å². The predicted molar refractivity (Wildman–Crippen MR) is 104 cm³/mol. The van der Waals surface area contributed by atoms with Crippen LogP contribution in [0, 0.1) is 5.82 Å². The van der Waals surface area contributed by atoms with Gasteiger partial charge in [-0.3, -0.25) is 0 Å². The SMILES string of the molecule is CC(C)(C)OC(=O)N1CCN(c2ccc(C(F)(F)F)cc2Oc2ncc(F)cn2)CC1. The number of carbonyl (C=O) groups is 1. The summed E-state index contributed by atoms with van der Waals surface area (Å²) in [5.74, 6) is -0.818. The maximum atomic E-state index is 13.2. The van der Waals surface area contributed by atoms with Crippen molar-refractivity contribution in [2.45, 2.75) is 32.5 Å². The molecule has 1 aromatic carbocycles. The monoisotopic (exact) mass is 442 g/mol. The number of hydrogen-bond acceptors (Lipinski definition) is 6. The molecule has 1 aliphatic heterocycles. The molecule has 0 radical (unpaired) electrons. The molecule has 0 saturated carbocycles. The van der Waals surface area contributed by atoms with Crippen LogP contribution in [0.3, 0.4) is 0 Å². The van der Waals surface area contributed by atoms with Crippen molar-refractivity contribution in [1.29, 1.82) is 0 Å². The van der Waals surface area contributed by atoms with Gasteiger partial charge in [0, 0.05) is 26.2 Å². The first-order chi connectivity index (χ1) is 14.4. The van der Waals surface area contributed by atoms with E-state index in [1.807, 2.05) is 0 Å². The highest BCUT2D eigenvalue weighted by atomic mass is 19.4. The number of piperazine rings is 1. The zero-order chi connectivity index (χ0) is 22.8. The highest BCUT2D eigenvalue weighted by Gasteiger charge is 2.33. The first-order valence-electron chi connectivity index (χ1n) is 9.52. The Balaban J connectivity index is 1.80. The Morgan fingerprint density at radius 1 is 1.03 bits per heavy atom. The topological polar surface area (TPSA) is 67.8 Å². The number of nitrogens with zero attached hydrogens (tertiary/aromatic N) is 4. The highest BCUT2D eigenvalue weighted by Crippen LogP contribution is 2.38. The summed E-state index contributed by atoms with van der Waals surface area (Å²) in [6.45, 7) is 6.65. The average Bonchev–Trinajstić information content (AvgIpc) is 2.68. The Morgan fingerprint density at radius 2 is 1.65 bits per heavy atom. The molecule has 0 aliphatic carbocycles. The van der Waals surface area contributed by atoms with E-state index in [0.717, 1.165) is 24.5 Å². The first kappa shape index (κ1) is 22.6. The van der Waals surface area contributed by atoms with Gasteiger partial charge in [-0.15, -0.1) is 0 Å². The number of halogens is 4. The molecule has 0 spiro atoms. The third kappa shape index (κ3) is 5.96. The van der Waals surface area contributed by atoms with Crippen molar-refractivity contribution in [3.8, 4) is 11.8 Å². The van der Waals surface area contributed by atoms with E-state index >= 15 is 0 Å². The number of aromatic nitrogens is 2. The third-order valence-electron chi connectivity index (χ3n) is 4.36. The minimum absolute atomic E-state index is 0.118. The lowest BCUT2D eigenvalue weighted by Crippen LogP contribution is -2.50. The summed E-state index contributed by atoms with van der Waals surface area (Å²) in [4.78, 5) is 22.9. The van der Waals surface area contributed by atoms with E-state index in [2.05, 4.69) is 9.97 Å². The predicted octanol–water partition coefficient (Wildman–Crippen LogP) is 4.48. The van der Waals surface area contributed by atoms with E-state index in [-0.39, 0.29) is 11.8 Å². The molecule has 1 saturated heterocycles. The maximum absolute atomic E-state index is 13.2. The molecule has 0 N–H and O–H groups in total. The van der Waals surface area contributed by atoms with Crippen LogP contribution in [0.1, 0.15) is 26.3 Å². The van der Waals surface area contributed by atoms with Gasteiger partial charge in [-0.2, -0.15) is 13.2 Å². The Hall–Kier alpha value is -3.11. The third-order valence-corrected chi connectivity index (χ3v) is 4.36. The molecular weight excluding hydrogens is 420 g/mol. The molecule has 1 aromatic heterocycles. The van der Waals surface area contributed by atoms with Gasteiger partial charge in [-0.25, -0.2) is 19.2 Å². The number of amides is 1. The number of ether oxygens (including phenoxy) is 2. The number of hydrogen-bond donors (Lipinski definition) is 0. The second kappa shape index (κ2) is 8.56. The van der Waals surface area contributed by atoms with Crippen LogP contribution in [0.4, 0.5) is 28.0 Å². The van der Waals surface area contributed by atoms with Gasteiger partial charge in [0.15, 0.2) is 11.6 Å². The van der Waals surface area contributed by atoms with E-state index in [9.17, 15) is 22.4 Å². The van der Waals surface area contributed by atoms with Crippen molar-refractivity contribution in [3.05, 3.63) is 42.0 Å². The van der Waals surface area contributed by atoms with E-state index < -0.39 is 29.3 Å². The molecule has 1 amide bonds. The van der Waals surface area contributed by atoms with Crippen LogP contribution >= 0.6 is 0 Å². The fraction of sp³-hybridized carbons (Fsp3) is 0.450. The summed E-state index contributed by atoms with van der Waals surface area (Å²) in [6.07, 6.45) is -3.31. The molecule has 11 heteroatoms. The quantitative estimate of drug-likeness (QED) is 0.653. The molecule has 0 bridgehead atoms. The van der Waals surface area contributed by atoms with Gasteiger partial charge in [-0.1, -0.05) is 0 Å². The summed E-state index contributed by atoms with van der Waals surface area (Å²) >= 11 is 0. The zero-order valence-electron chi connectivity index (χ0n) is 17.2. The van der Waals surface area contributed by atoms with Crippen molar-refractivity contribution >= 4 is 11.8 Å². The fourth-order valence-electron chi connectivity index (χ4n) is 2.94. The largest absolute Gasteiger partial charge is 0.444 e. The lowest BCUT2D eigenvalue weighted by molar-refractivity contribution is -0.137. The lowest BCUT2D eigenvalue weighted by atomic mass is 10.1. The molecule has 1 aliphatic rings. The molecule has 0 unspecified atom stereocenters. The Labute approximate surface area is 176 Å². The molecule has 3 rings (SSSR count). The summed E-state index contributed by atoms with van der Waals surface area (Å²) in [6, 6.07) is 2.82. The van der Waals surface area contributed by atoms with Crippen LogP contribution in [0.5, 0.6) is 11.8 Å². The average molecular weight is 442 g/mol. The van der Waals surface area contributed by atoms with Gasteiger partial charge in [0.05, 0.1) is 23.6 Å². The number of alkyl halides is 3. The fourth-order valence-corrected chi connectivity index (χ4v) is 2.94. The van der Waals surface area contributed by atoms with Gasteiger partial charge < -0.3 is 19.3 Å². The Morgan fingerprint density at radius 3 is 2.19 bits per heavy atom. The molecule has 168 valence electrons. The highest BCUT2D eigenvalue weighted by molar-refractivity contribution is 5.69. The molecule has 7 nitrogen and oxygen atoms in total. The molecule has 2 aromatic rings. The van der Waals surface area contributed by atoms with Crippen LogP contribution in [-0.2, 0) is 10.9 Å². The molecular formula is C20H22F4N4O3. The standard InChI is InChI=1S/C20H22F4N4O3/c1-19(2,3)31-18(29)28-8-6-27(7-9-28)15-5-4-13(20(22,23)24)10-16(15)30-17-25-11-14(21)12-26-17/h4-5,10-12H,6-9H2,1-3H3. The summed E-state index contributed by atoms with van der Waals surface area (Å²) in [7, 11) is 0. The normalized spacial score (nSPS) is 15.1. The van der Waals surface area contributed by atoms with Crippen LogP contribution < -0.4 is 9.64 Å². The van der Waals surface area contributed by atoms with Crippen molar-refractivity contribution < 1.29 is 31.8 Å². The second-order valence-corrected chi connectivity index (χ2v) is 7.92. The second-order valence-electron chi connectivity index (χ2n) is 7.92. The lowest BCUT2D eigenvalue weighted by Gasteiger charge is -2.37. The smallest absolute Gasteiger partial charge is 0.416 e. The van der Waals surface area contributed by atoms with Crippen LogP contribution in [0.25, 0.3) is 0 Å². The van der Waals surface area contributed by atoms with E-state index in [1.165, 1.54) is 11.0 Å². The molecule has 2 heterocycles. The van der Waals surface area contributed by atoms with Crippen molar-refractivity contribution in [2.24, 2.45) is 0 Å². The number of anilines is 1. The van der Waals surface area contributed by atoms with Crippen LogP contribution in [-0.4, -0.2) is 52.7 Å². The van der Waals surface area contributed by atoms with Gasteiger partial charge in [0.2, 0.25) is 0 Å². The summed E-state index contributed by atoms with van der Waals surface area (Å²) in [5.41, 5.74) is -1.15. The van der Waals surface area contributed by atoms with Gasteiger partial charge in [-0.05, 0) is 39.0 Å². The van der Waals surface area contributed by atoms with Crippen molar-refractivity contribution in [3.63, 3.8) is 0 Å². The van der Waals surface area contributed by atoms with Crippen LogP contribution in [0.15, 0.2) is 30.6 Å². The molecule has 1 fully saturated rings. The number of carbonyl (C=O) groups excluding carboxylic acids is 1. The summed E-state index contributed by atoms with van der Waals surface area (Å²) < 4.78 is 63.5. The minimum atomic E-state index is -4.57. The Kier molecular flexibility index (Phi) is 6.23. The summed E-state index contributed by atoms with van der Waals surface area (Å²) in [5, 5.41) is 0. The van der Waals surface area contributed by atoms with E-state index in [4.69, 9.17) is 9.47 Å². The minimum Gasteiger partial charge on any atom is -0.444 e. The van der Waals surface area contributed by atoms with Crippen LogP contribution in [0.2, 0.25) is 0 Å². The number of benzene rings is 1. The van der Waals surface area contributed by atoms with E-state index in [1.54, 1.807) is 25.7 Å². The molecule has 0 atom stereocenters. The molecule has 31 heavy (non-hydrogen) atoms. The zero-order valence-corrected chi connectivity index (χ0v) is 17.2. The Bertz CT molecular complexity index is 922. The first-order valence-corrected chi connectivity index (χ1v) is 9.52. The maximum Gasteiger partial charge on any atom is 0.416 e.